The van der Waals surface area contributed by atoms with Crippen molar-refractivity contribution in [3.63, 3.8) is 0 Å². The average Bonchev–Trinajstić information content (AvgIpc) is 3.24. The summed E-state index contributed by atoms with van der Waals surface area (Å²) < 4.78 is 27.2. The summed E-state index contributed by atoms with van der Waals surface area (Å²) in [5.41, 5.74) is 0.991. The van der Waals surface area contributed by atoms with Crippen molar-refractivity contribution >= 4 is 15.9 Å². The van der Waals surface area contributed by atoms with E-state index in [1.54, 1.807) is 13.8 Å². The molecule has 2 fully saturated rings. The number of aromatic hydroxyl groups is 1. The molecule has 2 N–H and O–H groups in total. The molecule has 0 radical (unpaired) electrons. The zero-order chi connectivity index (χ0) is 23.3. The van der Waals surface area contributed by atoms with Crippen molar-refractivity contribution in [2.24, 2.45) is 0 Å². The molecule has 1 aromatic rings. The molecule has 2 heterocycles. The number of hydrogen-bond acceptors (Lipinski definition) is 6. The fraction of sp³-hybridized carbons (Fsp3) is 0.696. The number of sulfonamides is 1. The van der Waals surface area contributed by atoms with Gasteiger partial charge in [0.25, 0.3) is 0 Å². The van der Waals surface area contributed by atoms with E-state index in [9.17, 15) is 18.3 Å². The molecule has 8 nitrogen and oxygen atoms in total. The Morgan fingerprint density at radius 3 is 2.16 bits per heavy atom. The van der Waals surface area contributed by atoms with Gasteiger partial charge in [-0.05, 0) is 75.9 Å². The van der Waals surface area contributed by atoms with Gasteiger partial charge in [-0.3, -0.25) is 4.79 Å². The summed E-state index contributed by atoms with van der Waals surface area (Å²) >= 11 is 0. The molecule has 2 saturated heterocycles. The van der Waals surface area contributed by atoms with Gasteiger partial charge in [-0.15, -0.1) is 0 Å². The summed E-state index contributed by atoms with van der Waals surface area (Å²) in [6, 6.07) is 3.05. The molecule has 0 aromatic heterocycles. The van der Waals surface area contributed by atoms with E-state index in [0.29, 0.717) is 11.1 Å². The topological polar surface area (TPSA) is 93.2 Å². The number of nitrogens with zero attached hydrogens (tertiary/aromatic N) is 3. The number of carbonyl (C=O) groups excluding carboxylic acids is 1. The third-order valence-electron chi connectivity index (χ3n) is 6.65. The van der Waals surface area contributed by atoms with E-state index in [-0.39, 0.29) is 35.6 Å². The molecule has 3 rings (SSSR count). The SMILES string of the molecule is Cc1cc(O)cc(C)c1S(=O)(=O)N(C)CCC(=O)NC1CCN(CCN2CCCC2)CC1. The van der Waals surface area contributed by atoms with Gasteiger partial charge in [0.05, 0.1) is 4.90 Å². The normalized spacial score (nSPS) is 19.0. The Bertz CT molecular complexity index is 868. The summed E-state index contributed by atoms with van der Waals surface area (Å²) in [6.07, 6.45) is 4.64. The van der Waals surface area contributed by atoms with Crippen LogP contribution in [-0.2, 0) is 14.8 Å². The Labute approximate surface area is 192 Å². The lowest BCUT2D eigenvalue weighted by Gasteiger charge is -2.33. The maximum Gasteiger partial charge on any atom is 0.243 e. The van der Waals surface area contributed by atoms with Crippen molar-refractivity contribution in [1.82, 2.24) is 19.4 Å². The maximum atomic E-state index is 13.0. The van der Waals surface area contributed by atoms with E-state index in [1.807, 2.05) is 0 Å². The molecule has 180 valence electrons. The van der Waals surface area contributed by atoms with E-state index in [1.165, 1.54) is 49.4 Å². The summed E-state index contributed by atoms with van der Waals surface area (Å²) in [7, 11) is -2.24. The fourth-order valence-corrected chi connectivity index (χ4v) is 6.33. The molecule has 9 heteroatoms. The number of nitrogens with one attached hydrogen (secondary N) is 1. The van der Waals surface area contributed by atoms with Gasteiger partial charge < -0.3 is 20.2 Å². The second-order valence-corrected chi connectivity index (χ2v) is 11.2. The van der Waals surface area contributed by atoms with Crippen LogP contribution in [0, 0.1) is 13.8 Å². The zero-order valence-corrected chi connectivity index (χ0v) is 20.5. The quantitative estimate of drug-likeness (QED) is 0.575. The maximum absolute atomic E-state index is 13.0. The Kier molecular flexibility index (Phi) is 8.55. The molecule has 0 bridgehead atoms. The molecule has 0 aliphatic carbocycles. The highest BCUT2D eigenvalue weighted by atomic mass is 32.2. The Morgan fingerprint density at radius 2 is 1.59 bits per heavy atom. The monoisotopic (exact) mass is 466 g/mol. The highest BCUT2D eigenvalue weighted by Crippen LogP contribution is 2.27. The fourth-order valence-electron chi connectivity index (χ4n) is 4.76. The average molecular weight is 467 g/mol. The van der Waals surface area contributed by atoms with Crippen LogP contribution in [0.1, 0.15) is 43.2 Å². The minimum Gasteiger partial charge on any atom is -0.508 e. The minimum absolute atomic E-state index is 0.0445. The number of phenolic OH excluding ortho intramolecular Hbond substituents is 1. The van der Waals surface area contributed by atoms with Crippen LogP contribution in [0.5, 0.6) is 5.75 Å². The van der Waals surface area contributed by atoms with Crippen LogP contribution >= 0.6 is 0 Å². The number of phenols is 1. The van der Waals surface area contributed by atoms with Crippen LogP contribution in [0.2, 0.25) is 0 Å². The van der Waals surface area contributed by atoms with E-state index in [0.717, 1.165) is 39.0 Å². The lowest BCUT2D eigenvalue weighted by Crippen LogP contribution is -2.46. The molecule has 1 aromatic carbocycles. The first kappa shape index (κ1) is 25.0. The summed E-state index contributed by atoms with van der Waals surface area (Å²) in [6.45, 7) is 10.1. The van der Waals surface area contributed by atoms with Gasteiger partial charge in [0.15, 0.2) is 0 Å². The highest BCUT2D eigenvalue weighted by Gasteiger charge is 2.26. The van der Waals surface area contributed by atoms with Crippen molar-refractivity contribution in [3.05, 3.63) is 23.3 Å². The van der Waals surface area contributed by atoms with Gasteiger partial charge in [0.2, 0.25) is 15.9 Å². The van der Waals surface area contributed by atoms with Crippen LogP contribution in [-0.4, -0.2) is 92.4 Å². The number of hydrogen-bond donors (Lipinski definition) is 2. The number of piperidine rings is 1. The Balaban J connectivity index is 1.42. The van der Waals surface area contributed by atoms with Crippen molar-refractivity contribution in [2.75, 3.05) is 52.9 Å². The van der Waals surface area contributed by atoms with Gasteiger partial charge in [-0.1, -0.05) is 0 Å². The van der Waals surface area contributed by atoms with Gasteiger partial charge in [-0.25, -0.2) is 12.7 Å². The van der Waals surface area contributed by atoms with E-state index in [2.05, 4.69) is 15.1 Å². The first-order valence-corrected chi connectivity index (χ1v) is 13.1. The Morgan fingerprint density at radius 1 is 1.06 bits per heavy atom. The molecule has 2 aliphatic heterocycles. The minimum atomic E-state index is -3.74. The molecule has 0 atom stereocenters. The molecule has 1 amide bonds. The zero-order valence-electron chi connectivity index (χ0n) is 19.6. The summed E-state index contributed by atoms with van der Waals surface area (Å²) in [4.78, 5) is 17.7. The van der Waals surface area contributed by atoms with Gasteiger partial charge in [-0.2, -0.15) is 0 Å². The van der Waals surface area contributed by atoms with E-state index < -0.39 is 10.0 Å². The molecule has 0 spiro atoms. The van der Waals surface area contributed by atoms with Gasteiger partial charge >= 0.3 is 0 Å². The lowest BCUT2D eigenvalue weighted by molar-refractivity contribution is -0.122. The van der Waals surface area contributed by atoms with Crippen molar-refractivity contribution < 1.29 is 18.3 Å². The first-order valence-electron chi connectivity index (χ1n) is 11.7. The van der Waals surface area contributed by atoms with Crippen molar-refractivity contribution in [3.8, 4) is 5.75 Å². The standard InChI is InChI=1S/C23H38N4O4S/c1-18-16-21(28)17-19(2)23(18)32(30,31)25(3)11-8-22(29)24-20-6-12-27(13-7-20)15-14-26-9-4-5-10-26/h16-17,20,28H,4-15H2,1-3H3,(H,24,29). The predicted octanol–water partition coefficient (Wildman–Crippen LogP) is 1.70. The number of amides is 1. The van der Waals surface area contributed by atoms with Crippen LogP contribution in [0.15, 0.2) is 17.0 Å². The van der Waals surface area contributed by atoms with Gasteiger partial charge in [0.1, 0.15) is 5.75 Å². The lowest BCUT2D eigenvalue weighted by atomic mass is 10.0. The van der Waals surface area contributed by atoms with Crippen LogP contribution in [0.4, 0.5) is 0 Å². The van der Waals surface area contributed by atoms with Crippen LogP contribution in [0.3, 0.4) is 0 Å². The third-order valence-corrected chi connectivity index (χ3v) is 8.81. The molecule has 2 aliphatic rings. The molecule has 0 unspecified atom stereocenters. The number of carbonyl (C=O) groups is 1. The van der Waals surface area contributed by atoms with E-state index in [4.69, 9.17) is 0 Å². The highest BCUT2D eigenvalue weighted by molar-refractivity contribution is 7.89. The van der Waals surface area contributed by atoms with Crippen LogP contribution < -0.4 is 5.32 Å². The summed E-state index contributed by atoms with van der Waals surface area (Å²) in [5, 5.41) is 12.8. The number of benzene rings is 1. The van der Waals surface area contributed by atoms with E-state index >= 15 is 0 Å². The molecular weight excluding hydrogens is 428 g/mol. The largest absolute Gasteiger partial charge is 0.508 e. The van der Waals surface area contributed by atoms with Gasteiger partial charge in [0, 0.05) is 52.2 Å². The second-order valence-electron chi connectivity index (χ2n) is 9.22. The smallest absolute Gasteiger partial charge is 0.243 e. The second kappa shape index (κ2) is 11.0. The van der Waals surface area contributed by atoms with Crippen LogP contribution in [0.25, 0.3) is 0 Å². The molecular formula is C23H38N4O4S. The third kappa shape index (κ3) is 6.43. The number of likely N-dealkylation sites (tertiary alicyclic amines) is 2. The Hall–Kier alpha value is -1.68. The number of aryl methyl sites for hydroxylation is 2. The van der Waals surface area contributed by atoms with Crippen molar-refractivity contribution in [2.45, 2.75) is 56.9 Å². The predicted molar refractivity (Wildman–Crippen MR) is 125 cm³/mol. The summed E-state index contributed by atoms with van der Waals surface area (Å²) in [5.74, 6) is -0.0650. The molecule has 32 heavy (non-hydrogen) atoms. The molecule has 0 saturated carbocycles. The number of rotatable bonds is 9. The van der Waals surface area contributed by atoms with Crippen molar-refractivity contribution in [1.29, 1.82) is 0 Å². The first-order chi connectivity index (χ1) is 15.2.